The highest BCUT2D eigenvalue weighted by molar-refractivity contribution is 8.14. The highest BCUT2D eigenvalue weighted by atomic mass is 32.2. The minimum absolute atomic E-state index is 0.0638. The van der Waals surface area contributed by atoms with Crippen molar-refractivity contribution in [3.63, 3.8) is 0 Å². The number of aryl methyl sites for hydroxylation is 1. The van der Waals surface area contributed by atoms with E-state index < -0.39 is 0 Å². The van der Waals surface area contributed by atoms with E-state index in [2.05, 4.69) is 5.10 Å². The summed E-state index contributed by atoms with van der Waals surface area (Å²) in [6.45, 7) is 4.91. The maximum atomic E-state index is 11.8. The Morgan fingerprint density at radius 3 is 3.00 bits per heavy atom. The summed E-state index contributed by atoms with van der Waals surface area (Å²) in [6.07, 6.45) is 3.99. The number of rotatable bonds is 3. The second-order valence-electron chi connectivity index (χ2n) is 3.99. The average molecular weight is 253 g/mol. The van der Waals surface area contributed by atoms with Gasteiger partial charge in [-0.05, 0) is 6.92 Å². The van der Waals surface area contributed by atoms with E-state index in [1.165, 1.54) is 18.7 Å². The average Bonchev–Trinajstić information content (AvgIpc) is 2.83. The summed E-state index contributed by atoms with van der Waals surface area (Å²) in [4.78, 5) is 24.6. The predicted octanol–water partition coefficient (Wildman–Crippen LogP) is 1.29. The number of amides is 1. The van der Waals surface area contributed by atoms with E-state index >= 15 is 0 Å². The third-order valence-electron chi connectivity index (χ3n) is 2.68. The van der Waals surface area contributed by atoms with Gasteiger partial charge < -0.3 is 4.90 Å². The molecule has 0 aromatic carbocycles. The molecule has 1 aliphatic heterocycles. The molecule has 0 aliphatic carbocycles. The largest absolute Gasteiger partial charge is 0.308 e. The number of aromatic nitrogens is 2. The van der Waals surface area contributed by atoms with E-state index in [1.807, 2.05) is 13.1 Å². The molecule has 0 bridgehead atoms. The van der Waals surface area contributed by atoms with Crippen LogP contribution >= 0.6 is 11.8 Å². The van der Waals surface area contributed by atoms with E-state index in [0.717, 1.165) is 12.2 Å². The Bertz CT molecular complexity index is 444. The van der Waals surface area contributed by atoms with Crippen molar-refractivity contribution < 1.29 is 9.59 Å². The Hall–Kier alpha value is -1.30. The third kappa shape index (κ3) is 2.69. The first-order chi connectivity index (χ1) is 8.10. The summed E-state index contributed by atoms with van der Waals surface area (Å²) in [7, 11) is 0. The molecular formula is C11H15N3O2S. The molecule has 2 heterocycles. The highest BCUT2D eigenvalue weighted by Gasteiger charge is 2.32. The molecule has 1 aliphatic rings. The molecule has 92 valence electrons. The zero-order chi connectivity index (χ0) is 12.4. The lowest BCUT2D eigenvalue weighted by molar-refractivity contribution is -0.117. The third-order valence-corrected chi connectivity index (χ3v) is 3.66. The second kappa shape index (κ2) is 4.91. The number of carbonyl (C=O) groups excluding carboxylic acids is 2. The minimum Gasteiger partial charge on any atom is -0.308 e. The fourth-order valence-corrected chi connectivity index (χ4v) is 2.82. The highest BCUT2D eigenvalue weighted by Crippen LogP contribution is 2.28. The molecule has 0 radical (unpaired) electrons. The monoisotopic (exact) mass is 253 g/mol. The van der Waals surface area contributed by atoms with Crippen LogP contribution in [0, 0.1) is 0 Å². The molecule has 1 unspecified atom stereocenters. The lowest BCUT2D eigenvalue weighted by Crippen LogP contribution is -2.24. The van der Waals surface area contributed by atoms with Gasteiger partial charge in [-0.2, -0.15) is 5.10 Å². The number of hydrogen-bond acceptors (Lipinski definition) is 4. The van der Waals surface area contributed by atoms with Crippen LogP contribution in [0.15, 0.2) is 12.4 Å². The quantitative estimate of drug-likeness (QED) is 0.814. The number of anilines is 1. The van der Waals surface area contributed by atoms with Gasteiger partial charge in [0.1, 0.15) is 0 Å². The molecule has 0 saturated carbocycles. The molecule has 17 heavy (non-hydrogen) atoms. The minimum atomic E-state index is 0.0638. The number of carbonyl (C=O) groups is 2. The summed E-state index contributed by atoms with van der Waals surface area (Å²) in [5.74, 6) is 0.0689. The fourth-order valence-electron chi connectivity index (χ4n) is 1.90. The predicted molar refractivity (Wildman–Crippen MR) is 66.9 cm³/mol. The summed E-state index contributed by atoms with van der Waals surface area (Å²) >= 11 is 1.25. The first kappa shape index (κ1) is 12.2. The summed E-state index contributed by atoms with van der Waals surface area (Å²) in [5.41, 5.74) is 0.823. The Kier molecular flexibility index (Phi) is 3.51. The van der Waals surface area contributed by atoms with Crippen LogP contribution in [0.2, 0.25) is 0 Å². The molecule has 1 fully saturated rings. The van der Waals surface area contributed by atoms with Crippen molar-refractivity contribution >= 4 is 28.5 Å². The van der Waals surface area contributed by atoms with Crippen molar-refractivity contribution in [2.45, 2.75) is 32.1 Å². The van der Waals surface area contributed by atoms with Crippen molar-refractivity contribution in [2.24, 2.45) is 0 Å². The van der Waals surface area contributed by atoms with E-state index in [9.17, 15) is 9.59 Å². The lowest BCUT2D eigenvalue weighted by Gasteiger charge is -2.13. The van der Waals surface area contributed by atoms with Crippen molar-refractivity contribution in [1.29, 1.82) is 0 Å². The first-order valence-electron chi connectivity index (χ1n) is 5.60. The molecule has 6 heteroatoms. The van der Waals surface area contributed by atoms with Crippen molar-refractivity contribution in [1.82, 2.24) is 9.78 Å². The normalized spacial score (nSPS) is 20.0. The zero-order valence-electron chi connectivity index (χ0n) is 9.92. The Morgan fingerprint density at radius 1 is 1.65 bits per heavy atom. The zero-order valence-corrected chi connectivity index (χ0v) is 10.7. The van der Waals surface area contributed by atoms with E-state index in [-0.39, 0.29) is 16.3 Å². The summed E-state index contributed by atoms with van der Waals surface area (Å²) in [5, 5.41) is 4.29. The summed E-state index contributed by atoms with van der Waals surface area (Å²) < 4.78 is 1.79. The fraction of sp³-hybridized carbons (Fsp3) is 0.545. The van der Waals surface area contributed by atoms with E-state index in [0.29, 0.717) is 13.0 Å². The Morgan fingerprint density at radius 2 is 2.41 bits per heavy atom. The molecule has 5 nitrogen and oxygen atoms in total. The van der Waals surface area contributed by atoms with Crippen LogP contribution < -0.4 is 4.90 Å². The van der Waals surface area contributed by atoms with Crippen LogP contribution in [-0.2, 0) is 16.1 Å². The van der Waals surface area contributed by atoms with Crippen molar-refractivity contribution in [3.05, 3.63) is 12.4 Å². The van der Waals surface area contributed by atoms with Gasteiger partial charge in [-0.15, -0.1) is 0 Å². The van der Waals surface area contributed by atoms with Crippen LogP contribution in [0.5, 0.6) is 0 Å². The van der Waals surface area contributed by atoms with Crippen molar-refractivity contribution in [3.8, 4) is 0 Å². The topological polar surface area (TPSA) is 55.2 Å². The molecule has 1 aromatic rings. The second-order valence-corrected chi connectivity index (χ2v) is 5.47. The Balaban J connectivity index is 2.07. The van der Waals surface area contributed by atoms with Crippen LogP contribution in [0.4, 0.5) is 5.69 Å². The standard InChI is InChI=1S/C11H15N3O2S/c1-3-13-6-9(5-12-13)14-7-10(4-11(14)16)17-8(2)15/h5-6,10H,3-4,7H2,1-2H3. The number of thioether (sulfide) groups is 1. The van der Waals surface area contributed by atoms with E-state index in [1.54, 1.807) is 15.8 Å². The van der Waals surface area contributed by atoms with Crippen LogP contribution in [0.3, 0.4) is 0 Å². The summed E-state index contributed by atoms with van der Waals surface area (Å²) in [6, 6.07) is 0. The van der Waals surface area contributed by atoms with Gasteiger partial charge in [0, 0.05) is 37.9 Å². The maximum Gasteiger partial charge on any atom is 0.228 e. The number of hydrogen-bond donors (Lipinski definition) is 0. The first-order valence-corrected chi connectivity index (χ1v) is 6.48. The molecule has 0 spiro atoms. The van der Waals surface area contributed by atoms with Crippen molar-refractivity contribution in [2.75, 3.05) is 11.4 Å². The van der Waals surface area contributed by atoms with Crippen LogP contribution in [0.1, 0.15) is 20.3 Å². The number of nitrogens with zero attached hydrogens (tertiary/aromatic N) is 3. The van der Waals surface area contributed by atoms with Gasteiger partial charge in [0.15, 0.2) is 5.12 Å². The van der Waals surface area contributed by atoms with Gasteiger partial charge in [0.05, 0.1) is 11.9 Å². The van der Waals surface area contributed by atoms with Gasteiger partial charge in [0.2, 0.25) is 5.91 Å². The molecule has 0 N–H and O–H groups in total. The van der Waals surface area contributed by atoms with Gasteiger partial charge in [0.25, 0.3) is 0 Å². The molecular weight excluding hydrogens is 238 g/mol. The van der Waals surface area contributed by atoms with Gasteiger partial charge in [-0.1, -0.05) is 11.8 Å². The molecule has 2 rings (SSSR count). The lowest BCUT2D eigenvalue weighted by atomic mass is 10.4. The van der Waals surface area contributed by atoms with Crippen LogP contribution in [-0.4, -0.2) is 32.6 Å². The smallest absolute Gasteiger partial charge is 0.228 e. The SMILES string of the molecule is CCn1cc(N2CC(SC(C)=O)CC2=O)cn1. The molecule has 1 saturated heterocycles. The molecule has 1 amide bonds. The Labute approximate surface area is 104 Å². The van der Waals surface area contributed by atoms with E-state index in [4.69, 9.17) is 0 Å². The van der Waals surface area contributed by atoms with Gasteiger partial charge in [-0.25, -0.2) is 0 Å². The maximum absolute atomic E-state index is 11.8. The molecule has 1 aromatic heterocycles. The van der Waals surface area contributed by atoms with Gasteiger partial charge >= 0.3 is 0 Å². The molecule has 1 atom stereocenters. The van der Waals surface area contributed by atoms with Crippen LogP contribution in [0.25, 0.3) is 0 Å². The van der Waals surface area contributed by atoms with Gasteiger partial charge in [-0.3, -0.25) is 14.3 Å².